The number of Topliss-reactive ketones (excluding diaryl/α,β-unsaturated/α-hetero) is 2. The molecule has 1 unspecified atom stereocenters. The van der Waals surface area contributed by atoms with Crippen LogP contribution in [-0.2, 0) is 23.9 Å². The zero-order valence-electron chi connectivity index (χ0n) is 29.7. The predicted molar refractivity (Wildman–Crippen MR) is 184 cm³/mol. The lowest BCUT2D eigenvalue weighted by Gasteiger charge is -2.54. The first-order valence-electron chi connectivity index (χ1n) is 17.8. The van der Waals surface area contributed by atoms with Gasteiger partial charge in [0.2, 0.25) is 5.78 Å². The highest BCUT2D eigenvalue weighted by atomic mass is 16.5. The number of carbonyl (C=O) groups excluding carboxylic acids is 4. The molecule has 1 aromatic rings. The minimum Gasteiger partial charge on any atom is -0.508 e. The van der Waals surface area contributed by atoms with Crippen LogP contribution in [0.1, 0.15) is 109 Å². The Hall–Kier alpha value is -3.70. The highest BCUT2D eigenvalue weighted by molar-refractivity contribution is 6.24. The normalized spacial score (nSPS) is 27.2. The summed E-state index contributed by atoms with van der Waals surface area (Å²) < 4.78 is 6.20. The molecule has 1 fully saturated rings. The van der Waals surface area contributed by atoms with Crippen molar-refractivity contribution in [2.75, 3.05) is 14.1 Å². The SMILES string of the molecule is CCCCCC(CCCC(=O)O[C@H]1[C@H]2C(=C(O)c3c(O)cccc3[C@@H]2C)C(=O)[C@]2(O)C(O)=C(C(N)=O)C(=O)[C@@H](N(C)C)[C@H]12)CC(CC)CC. The van der Waals surface area contributed by atoms with Crippen molar-refractivity contribution in [3.8, 4) is 5.75 Å². The van der Waals surface area contributed by atoms with E-state index in [9.17, 15) is 39.6 Å². The smallest absolute Gasteiger partial charge is 0.306 e. The number of phenolic OH excluding ortho intramolecular Hbond substituents is 1. The van der Waals surface area contributed by atoms with E-state index in [-0.39, 0.29) is 23.3 Å². The van der Waals surface area contributed by atoms with Gasteiger partial charge in [0, 0.05) is 17.9 Å². The first-order chi connectivity index (χ1) is 23.2. The van der Waals surface area contributed by atoms with Crippen molar-refractivity contribution in [3.05, 3.63) is 46.2 Å². The molecule has 11 nitrogen and oxygen atoms in total. The summed E-state index contributed by atoms with van der Waals surface area (Å²) in [4.78, 5) is 55.8. The average Bonchev–Trinajstić information content (AvgIpc) is 3.04. The third kappa shape index (κ3) is 6.88. The van der Waals surface area contributed by atoms with Crippen LogP contribution in [0.5, 0.6) is 5.75 Å². The number of likely N-dealkylation sites (N-methyl/N-ethyl adjacent to an activating group) is 1. The van der Waals surface area contributed by atoms with E-state index in [4.69, 9.17) is 10.5 Å². The van der Waals surface area contributed by atoms with E-state index < -0.39 is 76.0 Å². The lowest BCUT2D eigenvalue weighted by Crippen LogP contribution is -2.71. The lowest BCUT2D eigenvalue weighted by molar-refractivity contribution is -0.185. The number of fused-ring (bicyclic) bond motifs is 3. The van der Waals surface area contributed by atoms with Crippen molar-refractivity contribution >= 4 is 29.2 Å². The summed E-state index contributed by atoms with van der Waals surface area (Å²) >= 11 is 0. The molecule has 0 spiro atoms. The maximum Gasteiger partial charge on any atom is 0.306 e. The van der Waals surface area contributed by atoms with Gasteiger partial charge in [0.15, 0.2) is 11.4 Å². The van der Waals surface area contributed by atoms with E-state index in [0.29, 0.717) is 23.8 Å². The van der Waals surface area contributed by atoms with Gasteiger partial charge in [-0.15, -0.1) is 0 Å². The van der Waals surface area contributed by atoms with E-state index in [2.05, 4.69) is 20.8 Å². The molecule has 0 aromatic heterocycles. The van der Waals surface area contributed by atoms with Crippen molar-refractivity contribution in [2.24, 2.45) is 29.4 Å². The Bertz CT molecular complexity index is 1510. The average molecular weight is 683 g/mol. The second kappa shape index (κ2) is 15.5. The molecule has 6 N–H and O–H groups in total. The second-order valence-corrected chi connectivity index (χ2v) is 14.4. The van der Waals surface area contributed by atoms with Crippen molar-refractivity contribution in [2.45, 2.75) is 116 Å². The number of ether oxygens (including phenoxy) is 1. The Balaban J connectivity index is 1.77. The first-order valence-corrected chi connectivity index (χ1v) is 17.8. The molecule has 270 valence electrons. The predicted octanol–water partition coefficient (Wildman–Crippen LogP) is 5.24. The molecule has 7 atom stereocenters. The molecule has 11 heteroatoms. The van der Waals surface area contributed by atoms with Crippen LogP contribution in [0.15, 0.2) is 35.1 Å². The molecule has 0 aliphatic heterocycles. The number of hydrogen-bond donors (Lipinski definition) is 5. The highest BCUT2D eigenvalue weighted by Gasteiger charge is 2.69. The number of phenols is 1. The van der Waals surface area contributed by atoms with Gasteiger partial charge in [0.25, 0.3) is 5.91 Å². The number of nitrogens with zero attached hydrogens (tertiary/aromatic N) is 1. The summed E-state index contributed by atoms with van der Waals surface area (Å²) in [6.07, 6.45) is 7.79. The third-order valence-electron chi connectivity index (χ3n) is 11.3. The molecule has 0 radical (unpaired) electrons. The van der Waals surface area contributed by atoms with Gasteiger partial charge in [-0.25, -0.2) is 0 Å². The number of esters is 1. The quantitative estimate of drug-likeness (QED) is 0.0930. The number of unbranched alkanes of at least 4 members (excludes halogenated alkanes) is 2. The summed E-state index contributed by atoms with van der Waals surface area (Å²) in [6, 6.07) is 3.19. The zero-order chi connectivity index (χ0) is 36.4. The minimum atomic E-state index is -2.96. The van der Waals surface area contributed by atoms with Crippen molar-refractivity contribution < 1.29 is 44.3 Å². The number of rotatable bonds is 15. The van der Waals surface area contributed by atoms with Crippen LogP contribution in [0, 0.1) is 23.7 Å². The van der Waals surface area contributed by atoms with E-state index in [1.54, 1.807) is 19.1 Å². The van der Waals surface area contributed by atoms with Crippen LogP contribution in [-0.4, -0.2) is 80.6 Å². The molecule has 1 amide bonds. The summed E-state index contributed by atoms with van der Waals surface area (Å²) in [5.74, 6) is -8.45. The maximum atomic E-state index is 14.4. The highest BCUT2D eigenvalue weighted by Crippen LogP contribution is 2.57. The summed E-state index contributed by atoms with van der Waals surface area (Å²) in [5, 5.41) is 45.9. The van der Waals surface area contributed by atoms with Crippen molar-refractivity contribution in [1.82, 2.24) is 4.90 Å². The van der Waals surface area contributed by atoms with Gasteiger partial charge in [-0.05, 0) is 62.7 Å². The van der Waals surface area contributed by atoms with Crippen LogP contribution >= 0.6 is 0 Å². The number of aliphatic hydroxyl groups is 3. The van der Waals surface area contributed by atoms with Crippen LogP contribution in [0.2, 0.25) is 0 Å². The summed E-state index contributed by atoms with van der Waals surface area (Å²) in [5.41, 5.74) is 1.66. The Labute approximate surface area is 289 Å². The monoisotopic (exact) mass is 682 g/mol. The lowest BCUT2D eigenvalue weighted by atomic mass is 9.54. The van der Waals surface area contributed by atoms with Crippen LogP contribution < -0.4 is 5.73 Å². The molecular weight excluding hydrogens is 628 g/mol. The summed E-state index contributed by atoms with van der Waals surface area (Å²) in [7, 11) is 3.01. The van der Waals surface area contributed by atoms with E-state index >= 15 is 0 Å². The first kappa shape index (κ1) is 38.1. The number of hydrogen-bond acceptors (Lipinski definition) is 10. The van der Waals surface area contributed by atoms with Gasteiger partial charge in [-0.2, -0.15) is 0 Å². The van der Waals surface area contributed by atoms with Gasteiger partial charge in [0.1, 0.15) is 28.9 Å². The Morgan fingerprint density at radius 2 is 1.65 bits per heavy atom. The van der Waals surface area contributed by atoms with Crippen molar-refractivity contribution in [3.63, 3.8) is 0 Å². The Morgan fingerprint density at radius 1 is 1.00 bits per heavy atom. The fraction of sp³-hybridized carbons (Fsp3) is 0.632. The molecule has 3 aliphatic rings. The number of benzene rings is 1. The molecule has 3 aliphatic carbocycles. The zero-order valence-corrected chi connectivity index (χ0v) is 29.7. The molecular formula is C38H54N2O9. The largest absolute Gasteiger partial charge is 0.508 e. The Kier molecular flexibility index (Phi) is 12.0. The molecule has 1 saturated carbocycles. The number of aliphatic hydroxyl groups excluding tert-OH is 2. The number of amides is 1. The minimum absolute atomic E-state index is 0.0251. The van der Waals surface area contributed by atoms with Gasteiger partial charge in [-0.1, -0.05) is 78.4 Å². The topological polar surface area (TPSA) is 188 Å². The van der Waals surface area contributed by atoms with Gasteiger partial charge in [-0.3, -0.25) is 24.1 Å². The molecule has 49 heavy (non-hydrogen) atoms. The fourth-order valence-electron chi connectivity index (χ4n) is 8.59. The number of aromatic hydroxyl groups is 1. The van der Waals surface area contributed by atoms with Gasteiger partial charge >= 0.3 is 5.97 Å². The standard InChI is InChI=1S/C38H54N2O9/c1-7-10-11-14-22(19-21(8-2)9-3)15-12-18-25(42)49-34-26-20(4)23-16-13-17-24(41)27(23)32(43)28(26)35(45)38(48)30(34)31(40(5)6)33(44)29(36(38)46)37(39)47/h13,16-17,20-22,26,30-31,34,41,43,46,48H,7-12,14-15,18-19H2,1-6H3,(H2,39,47)/t20-,22?,26+,30+,31-,34-,38-/m0/s1. The van der Waals surface area contributed by atoms with Crippen molar-refractivity contribution in [1.29, 1.82) is 0 Å². The Morgan fingerprint density at radius 3 is 2.24 bits per heavy atom. The van der Waals surface area contributed by atoms with Gasteiger partial charge in [0.05, 0.1) is 17.5 Å². The van der Waals surface area contributed by atoms with Crippen LogP contribution in [0.25, 0.3) is 5.76 Å². The van der Waals surface area contributed by atoms with E-state index in [1.807, 2.05) is 0 Å². The molecule has 0 bridgehead atoms. The fourth-order valence-corrected chi connectivity index (χ4v) is 8.59. The number of carbonyl (C=O) groups is 4. The van der Waals surface area contributed by atoms with E-state index in [1.165, 1.54) is 25.1 Å². The maximum absolute atomic E-state index is 14.4. The summed E-state index contributed by atoms with van der Waals surface area (Å²) in [6.45, 7) is 8.32. The van der Waals surface area contributed by atoms with Crippen LogP contribution in [0.4, 0.5) is 0 Å². The number of primary amides is 1. The third-order valence-corrected chi connectivity index (χ3v) is 11.3. The number of ketones is 2. The van der Waals surface area contributed by atoms with Gasteiger partial charge < -0.3 is 30.9 Å². The second-order valence-electron chi connectivity index (χ2n) is 14.4. The molecule has 4 rings (SSSR count). The molecule has 0 heterocycles. The van der Waals surface area contributed by atoms with Crippen LogP contribution in [0.3, 0.4) is 0 Å². The van der Waals surface area contributed by atoms with E-state index in [0.717, 1.165) is 51.4 Å². The molecule has 1 aromatic carbocycles. The molecule has 0 saturated heterocycles. The number of nitrogens with two attached hydrogens (primary N) is 1.